The molecule has 2 rings (SSSR count). The third-order valence-electron chi connectivity index (χ3n) is 2.16. The molecule has 0 aliphatic heterocycles. The molecular formula is C9H12N6OS. The maximum absolute atomic E-state index is 11.8. The summed E-state index contributed by atoms with van der Waals surface area (Å²) in [5, 5.41) is 5.77. The maximum Gasteiger partial charge on any atom is 0.244 e. The van der Waals surface area contributed by atoms with E-state index >= 15 is 0 Å². The summed E-state index contributed by atoms with van der Waals surface area (Å²) in [6.45, 7) is 0.622. The van der Waals surface area contributed by atoms with Crippen molar-refractivity contribution in [3.05, 3.63) is 22.9 Å². The Kier molecular flexibility index (Phi) is 3.33. The first kappa shape index (κ1) is 11.5. The van der Waals surface area contributed by atoms with Gasteiger partial charge in [-0.15, -0.1) is 16.4 Å². The van der Waals surface area contributed by atoms with Crippen LogP contribution in [0.25, 0.3) is 0 Å². The number of nitrogens with zero attached hydrogens (tertiary/aromatic N) is 5. The second kappa shape index (κ2) is 4.91. The monoisotopic (exact) mass is 252 g/mol. The summed E-state index contributed by atoms with van der Waals surface area (Å²) < 4.78 is 1.41. The molecule has 8 heteroatoms. The normalized spacial score (nSPS) is 10.4. The van der Waals surface area contributed by atoms with Crippen molar-refractivity contribution < 1.29 is 4.79 Å². The summed E-state index contributed by atoms with van der Waals surface area (Å²) in [5.74, 6) is 0.0999. The highest BCUT2D eigenvalue weighted by atomic mass is 32.1. The minimum Gasteiger partial charge on any atom is -0.367 e. The molecule has 0 aliphatic rings. The molecule has 0 fully saturated rings. The molecule has 0 bridgehead atoms. The van der Waals surface area contributed by atoms with Crippen LogP contribution in [0.2, 0.25) is 0 Å². The topological polar surface area (TPSA) is 89.9 Å². The van der Waals surface area contributed by atoms with E-state index in [4.69, 9.17) is 5.73 Å². The Labute approximate surface area is 102 Å². The molecule has 2 aromatic heterocycles. The van der Waals surface area contributed by atoms with Crippen LogP contribution >= 0.6 is 11.3 Å². The molecule has 17 heavy (non-hydrogen) atoms. The van der Waals surface area contributed by atoms with Crippen molar-refractivity contribution in [1.29, 1.82) is 0 Å². The van der Waals surface area contributed by atoms with Crippen LogP contribution in [-0.4, -0.2) is 37.6 Å². The number of likely N-dealkylation sites (N-methyl/N-ethyl adjacent to an activating group) is 1. The van der Waals surface area contributed by atoms with Gasteiger partial charge in [-0.2, -0.15) is 0 Å². The SMILES string of the molecule is CN(Cc1cscn1)C(=O)Cn1cnc(N)n1. The number of nitrogens with two attached hydrogens (primary N) is 1. The first-order chi connectivity index (χ1) is 8.15. The van der Waals surface area contributed by atoms with Crippen LogP contribution in [0.5, 0.6) is 0 Å². The number of carbonyl (C=O) groups is 1. The predicted octanol–water partition coefficient (Wildman–Crippen LogP) is -0.0246. The molecule has 0 saturated carbocycles. The van der Waals surface area contributed by atoms with Crippen LogP contribution in [0.4, 0.5) is 5.95 Å². The van der Waals surface area contributed by atoms with Crippen molar-refractivity contribution in [2.45, 2.75) is 13.1 Å². The summed E-state index contributed by atoms with van der Waals surface area (Å²) >= 11 is 1.51. The summed E-state index contributed by atoms with van der Waals surface area (Å²) in [5.41, 5.74) is 7.98. The molecule has 2 N–H and O–H groups in total. The molecule has 0 unspecified atom stereocenters. The quantitative estimate of drug-likeness (QED) is 0.825. The third-order valence-corrected chi connectivity index (χ3v) is 2.80. The van der Waals surface area contributed by atoms with Crippen molar-refractivity contribution in [2.24, 2.45) is 0 Å². The van der Waals surface area contributed by atoms with Gasteiger partial charge in [-0.25, -0.2) is 14.6 Å². The van der Waals surface area contributed by atoms with Gasteiger partial charge in [0.1, 0.15) is 12.9 Å². The minimum absolute atomic E-state index is 0.0668. The zero-order chi connectivity index (χ0) is 12.3. The molecule has 0 radical (unpaired) electrons. The number of anilines is 1. The fraction of sp³-hybridized carbons (Fsp3) is 0.333. The molecule has 0 atom stereocenters. The van der Waals surface area contributed by atoms with E-state index in [2.05, 4.69) is 15.1 Å². The van der Waals surface area contributed by atoms with Gasteiger partial charge in [-0.05, 0) is 0 Å². The average molecular weight is 252 g/mol. The minimum atomic E-state index is -0.0668. The van der Waals surface area contributed by atoms with E-state index in [9.17, 15) is 4.79 Å². The molecule has 1 amide bonds. The van der Waals surface area contributed by atoms with Crippen molar-refractivity contribution >= 4 is 23.2 Å². The Bertz CT molecular complexity index is 493. The lowest BCUT2D eigenvalue weighted by atomic mass is 10.4. The van der Waals surface area contributed by atoms with Gasteiger partial charge in [0.05, 0.1) is 17.7 Å². The predicted molar refractivity (Wildman–Crippen MR) is 63.0 cm³/mol. The molecule has 0 spiro atoms. The van der Waals surface area contributed by atoms with Gasteiger partial charge in [0.15, 0.2) is 0 Å². The molecular weight excluding hydrogens is 240 g/mol. The van der Waals surface area contributed by atoms with Gasteiger partial charge in [0, 0.05) is 12.4 Å². The number of aromatic nitrogens is 4. The summed E-state index contributed by atoms with van der Waals surface area (Å²) in [4.78, 5) is 21.3. The average Bonchev–Trinajstić information content (AvgIpc) is 2.90. The molecule has 0 saturated heterocycles. The fourth-order valence-corrected chi connectivity index (χ4v) is 1.84. The van der Waals surface area contributed by atoms with Crippen LogP contribution in [-0.2, 0) is 17.9 Å². The van der Waals surface area contributed by atoms with Gasteiger partial charge in [-0.3, -0.25) is 4.79 Å². The lowest BCUT2D eigenvalue weighted by Gasteiger charge is -2.15. The number of thiazole rings is 1. The lowest BCUT2D eigenvalue weighted by molar-refractivity contribution is -0.131. The highest BCUT2D eigenvalue weighted by Gasteiger charge is 2.11. The van der Waals surface area contributed by atoms with Crippen LogP contribution < -0.4 is 5.73 Å². The number of hydrogen-bond donors (Lipinski definition) is 1. The Morgan fingerprint density at radius 2 is 2.41 bits per heavy atom. The standard InChI is InChI=1S/C9H12N6OS/c1-14(2-7-4-17-6-12-7)8(16)3-15-5-11-9(10)13-15/h4-6H,2-3H2,1H3,(H2,10,13). The Morgan fingerprint density at radius 3 is 3.00 bits per heavy atom. The van der Waals surface area contributed by atoms with Crippen molar-refractivity contribution in [1.82, 2.24) is 24.6 Å². The second-order valence-corrected chi connectivity index (χ2v) is 4.25. The Balaban J connectivity index is 1.91. The second-order valence-electron chi connectivity index (χ2n) is 3.53. The van der Waals surface area contributed by atoms with E-state index < -0.39 is 0 Å². The van der Waals surface area contributed by atoms with Crippen molar-refractivity contribution in [3.8, 4) is 0 Å². The first-order valence-corrected chi connectivity index (χ1v) is 5.85. The fourth-order valence-electron chi connectivity index (χ4n) is 1.29. The molecule has 2 aromatic rings. The largest absolute Gasteiger partial charge is 0.367 e. The third kappa shape index (κ3) is 3.00. The highest BCUT2D eigenvalue weighted by Crippen LogP contribution is 2.04. The number of nitrogen functional groups attached to an aromatic ring is 1. The van der Waals surface area contributed by atoms with E-state index in [-0.39, 0.29) is 18.4 Å². The summed E-state index contributed by atoms with van der Waals surface area (Å²) in [6, 6.07) is 0. The number of amides is 1. The lowest BCUT2D eigenvalue weighted by Crippen LogP contribution is -2.30. The van der Waals surface area contributed by atoms with Gasteiger partial charge in [0.25, 0.3) is 0 Å². The molecule has 0 aromatic carbocycles. The molecule has 7 nitrogen and oxygen atoms in total. The first-order valence-electron chi connectivity index (χ1n) is 4.91. The van der Waals surface area contributed by atoms with Crippen LogP contribution in [0.1, 0.15) is 5.69 Å². The molecule has 0 aliphatic carbocycles. The molecule has 90 valence electrons. The van der Waals surface area contributed by atoms with E-state index in [1.807, 2.05) is 5.38 Å². The Morgan fingerprint density at radius 1 is 1.59 bits per heavy atom. The van der Waals surface area contributed by atoms with Gasteiger partial charge in [0.2, 0.25) is 11.9 Å². The maximum atomic E-state index is 11.8. The summed E-state index contributed by atoms with van der Waals surface area (Å²) in [7, 11) is 1.72. The van der Waals surface area contributed by atoms with Crippen LogP contribution in [0.15, 0.2) is 17.2 Å². The van der Waals surface area contributed by atoms with Crippen molar-refractivity contribution in [3.63, 3.8) is 0 Å². The van der Waals surface area contributed by atoms with Gasteiger partial charge in [-0.1, -0.05) is 0 Å². The highest BCUT2D eigenvalue weighted by molar-refractivity contribution is 7.07. The Hall–Kier alpha value is -1.96. The van der Waals surface area contributed by atoms with Crippen molar-refractivity contribution in [2.75, 3.05) is 12.8 Å². The molecule has 2 heterocycles. The zero-order valence-corrected chi connectivity index (χ0v) is 10.1. The van der Waals surface area contributed by atoms with E-state index in [1.165, 1.54) is 22.3 Å². The van der Waals surface area contributed by atoms with E-state index in [1.54, 1.807) is 17.5 Å². The number of rotatable bonds is 4. The van der Waals surface area contributed by atoms with Crippen LogP contribution in [0.3, 0.4) is 0 Å². The van der Waals surface area contributed by atoms with E-state index in [0.717, 1.165) is 5.69 Å². The van der Waals surface area contributed by atoms with E-state index in [0.29, 0.717) is 6.54 Å². The number of hydrogen-bond acceptors (Lipinski definition) is 6. The van der Waals surface area contributed by atoms with Gasteiger partial charge >= 0.3 is 0 Å². The smallest absolute Gasteiger partial charge is 0.244 e. The summed E-state index contributed by atoms with van der Waals surface area (Å²) in [6.07, 6.45) is 1.43. The number of carbonyl (C=O) groups excluding carboxylic acids is 1. The van der Waals surface area contributed by atoms with Gasteiger partial charge < -0.3 is 10.6 Å². The van der Waals surface area contributed by atoms with Crippen LogP contribution in [0, 0.1) is 0 Å². The zero-order valence-electron chi connectivity index (χ0n) is 9.28.